The maximum Gasteiger partial charge on any atom is 0.270 e. The van der Waals surface area contributed by atoms with E-state index in [1.165, 1.54) is 0 Å². The van der Waals surface area contributed by atoms with Crippen LogP contribution in [0.3, 0.4) is 0 Å². The molecule has 2 aromatic carbocycles. The molecule has 6 nitrogen and oxygen atoms in total. The molecule has 0 fully saturated rings. The summed E-state index contributed by atoms with van der Waals surface area (Å²) in [4.78, 5) is 28.7. The summed E-state index contributed by atoms with van der Waals surface area (Å²) in [6.07, 6.45) is 0. The van der Waals surface area contributed by atoms with Crippen LogP contribution in [0.5, 0.6) is 0 Å². The minimum absolute atomic E-state index is 0.257. The van der Waals surface area contributed by atoms with Crippen LogP contribution in [0, 0.1) is 13.8 Å². The average Bonchev–Trinajstić information content (AvgIpc) is 3.30. The molecule has 0 spiro atoms. The summed E-state index contributed by atoms with van der Waals surface area (Å²) in [7, 11) is 0. The number of fused-ring (bicyclic) bond motifs is 1. The molecule has 3 N–H and O–H groups in total. The summed E-state index contributed by atoms with van der Waals surface area (Å²) >= 11 is 0. The fourth-order valence-corrected chi connectivity index (χ4v) is 3.17. The molecule has 146 valence electrons. The number of aromatic nitrogens is 1. The quantitative estimate of drug-likeness (QED) is 0.469. The van der Waals surface area contributed by atoms with Crippen LogP contribution in [0.4, 0.5) is 5.69 Å². The Balaban J connectivity index is 1.62. The monoisotopic (exact) mass is 387 g/mol. The minimum Gasteiger partial charge on any atom is -0.465 e. The molecule has 2 amide bonds. The standard InChI is InChI=1S/C23H21N3O3/c1-14-7-10-16(11-8-14)22(27)26-20-18-5-3-4-6-19(18)25-21(20)23(28)24-13-17-12-9-15(2)29-17/h3-12,25H,13H2,1-2H3,(H,24,28)(H,26,27). The third kappa shape index (κ3) is 3.91. The normalized spacial score (nSPS) is 10.8. The Labute approximate surface area is 167 Å². The van der Waals surface area contributed by atoms with Gasteiger partial charge >= 0.3 is 0 Å². The van der Waals surface area contributed by atoms with Crippen molar-refractivity contribution in [3.63, 3.8) is 0 Å². The molecule has 0 atom stereocenters. The number of H-pyrrole nitrogens is 1. The Morgan fingerprint density at radius 1 is 0.931 bits per heavy atom. The van der Waals surface area contributed by atoms with Gasteiger partial charge in [0.05, 0.1) is 12.2 Å². The van der Waals surface area contributed by atoms with Gasteiger partial charge in [-0.3, -0.25) is 9.59 Å². The molecule has 0 radical (unpaired) electrons. The molecule has 0 aliphatic rings. The molecule has 0 saturated carbocycles. The van der Waals surface area contributed by atoms with Gasteiger partial charge in [0.2, 0.25) is 0 Å². The van der Waals surface area contributed by atoms with E-state index in [4.69, 9.17) is 4.42 Å². The SMILES string of the molecule is Cc1ccc(C(=O)Nc2c(C(=O)NCc3ccc(C)o3)[nH]c3ccccc23)cc1. The van der Waals surface area contributed by atoms with Gasteiger partial charge in [0, 0.05) is 16.5 Å². The van der Waals surface area contributed by atoms with Gasteiger partial charge in [-0.2, -0.15) is 0 Å². The first-order chi connectivity index (χ1) is 14.0. The molecule has 0 unspecified atom stereocenters. The Kier molecular flexibility index (Phi) is 4.91. The lowest BCUT2D eigenvalue weighted by atomic mass is 10.1. The van der Waals surface area contributed by atoms with E-state index >= 15 is 0 Å². The van der Waals surface area contributed by atoms with Crippen LogP contribution < -0.4 is 10.6 Å². The molecule has 2 aromatic heterocycles. The molecule has 0 bridgehead atoms. The number of amides is 2. The zero-order valence-electron chi connectivity index (χ0n) is 16.2. The summed E-state index contributed by atoms with van der Waals surface area (Å²) < 4.78 is 5.50. The zero-order valence-corrected chi connectivity index (χ0v) is 16.2. The third-order valence-electron chi connectivity index (χ3n) is 4.70. The topological polar surface area (TPSA) is 87.1 Å². The number of hydrogen-bond donors (Lipinski definition) is 3. The molecule has 4 rings (SSSR count). The minimum atomic E-state index is -0.325. The first kappa shape index (κ1) is 18.6. The lowest BCUT2D eigenvalue weighted by Gasteiger charge is -2.08. The third-order valence-corrected chi connectivity index (χ3v) is 4.70. The molecule has 2 heterocycles. The van der Waals surface area contributed by atoms with E-state index in [1.807, 2.05) is 62.4 Å². The largest absolute Gasteiger partial charge is 0.465 e. The number of carbonyl (C=O) groups is 2. The van der Waals surface area contributed by atoms with Crippen molar-refractivity contribution in [3.8, 4) is 0 Å². The van der Waals surface area contributed by atoms with Gasteiger partial charge in [-0.1, -0.05) is 35.9 Å². The highest BCUT2D eigenvalue weighted by molar-refractivity contribution is 6.15. The molecule has 4 aromatic rings. The summed E-state index contributed by atoms with van der Waals surface area (Å²) in [5.41, 5.74) is 3.13. The zero-order chi connectivity index (χ0) is 20.4. The number of nitrogens with one attached hydrogen (secondary N) is 3. The van der Waals surface area contributed by atoms with Crippen LogP contribution in [0.15, 0.2) is 65.1 Å². The molecule has 0 aliphatic carbocycles. The van der Waals surface area contributed by atoms with Crippen molar-refractivity contribution in [2.24, 2.45) is 0 Å². The molecule has 29 heavy (non-hydrogen) atoms. The van der Waals surface area contributed by atoms with Crippen LogP contribution in [0.2, 0.25) is 0 Å². The van der Waals surface area contributed by atoms with Gasteiger partial charge in [0.15, 0.2) is 0 Å². The number of anilines is 1. The summed E-state index contributed by atoms with van der Waals surface area (Å²) in [6.45, 7) is 4.07. The number of para-hydroxylation sites is 1. The lowest BCUT2D eigenvalue weighted by molar-refractivity contribution is 0.0944. The molecule has 0 saturated heterocycles. The summed E-state index contributed by atoms with van der Waals surface area (Å²) in [5.74, 6) is 0.850. The Hall–Kier alpha value is -3.80. The Bertz CT molecular complexity index is 1190. The summed E-state index contributed by atoms with van der Waals surface area (Å²) in [5, 5.41) is 6.50. The highest BCUT2D eigenvalue weighted by Gasteiger charge is 2.20. The first-order valence-corrected chi connectivity index (χ1v) is 9.33. The molecular formula is C23H21N3O3. The Morgan fingerprint density at radius 2 is 1.69 bits per heavy atom. The maximum absolute atomic E-state index is 12.8. The van der Waals surface area contributed by atoms with Gasteiger partial charge < -0.3 is 20.0 Å². The van der Waals surface area contributed by atoms with E-state index in [1.54, 1.807) is 12.1 Å². The van der Waals surface area contributed by atoms with Gasteiger partial charge in [0.25, 0.3) is 11.8 Å². The number of hydrogen-bond acceptors (Lipinski definition) is 3. The van der Waals surface area contributed by atoms with Crippen molar-refractivity contribution >= 4 is 28.4 Å². The van der Waals surface area contributed by atoms with E-state index in [0.29, 0.717) is 22.7 Å². The van der Waals surface area contributed by atoms with Gasteiger partial charge in [-0.05, 0) is 44.2 Å². The van der Waals surface area contributed by atoms with Crippen molar-refractivity contribution in [2.75, 3.05) is 5.32 Å². The van der Waals surface area contributed by atoms with E-state index in [2.05, 4.69) is 15.6 Å². The fraction of sp³-hybridized carbons (Fsp3) is 0.130. The summed E-state index contributed by atoms with van der Waals surface area (Å²) in [6, 6.07) is 18.4. The maximum atomic E-state index is 12.8. The Morgan fingerprint density at radius 3 is 2.41 bits per heavy atom. The van der Waals surface area contributed by atoms with Crippen LogP contribution >= 0.6 is 0 Å². The smallest absolute Gasteiger partial charge is 0.270 e. The second-order valence-corrected chi connectivity index (χ2v) is 6.94. The van der Waals surface area contributed by atoms with Crippen LogP contribution in [-0.4, -0.2) is 16.8 Å². The number of rotatable bonds is 5. The molecular weight excluding hydrogens is 366 g/mol. The molecule has 6 heteroatoms. The predicted octanol–water partition coefficient (Wildman–Crippen LogP) is 4.56. The highest BCUT2D eigenvalue weighted by Crippen LogP contribution is 2.28. The number of benzene rings is 2. The van der Waals surface area contributed by atoms with Crippen molar-refractivity contribution < 1.29 is 14.0 Å². The lowest BCUT2D eigenvalue weighted by Crippen LogP contribution is -2.24. The fourth-order valence-electron chi connectivity index (χ4n) is 3.17. The van der Waals surface area contributed by atoms with E-state index in [9.17, 15) is 9.59 Å². The predicted molar refractivity (Wildman–Crippen MR) is 112 cm³/mol. The average molecular weight is 387 g/mol. The van der Waals surface area contributed by atoms with Gasteiger partial charge in [-0.15, -0.1) is 0 Å². The van der Waals surface area contributed by atoms with Gasteiger partial charge in [0.1, 0.15) is 17.2 Å². The van der Waals surface area contributed by atoms with E-state index in [0.717, 1.165) is 22.2 Å². The van der Waals surface area contributed by atoms with Crippen molar-refractivity contribution in [2.45, 2.75) is 20.4 Å². The van der Waals surface area contributed by atoms with Crippen molar-refractivity contribution in [3.05, 3.63) is 89.0 Å². The van der Waals surface area contributed by atoms with Gasteiger partial charge in [-0.25, -0.2) is 0 Å². The number of carbonyl (C=O) groups excluding carboxylic acids is 2. The van der Waals surface area contributed by atoms with Crippen LogP contribution in [0.25, 0.3) is 10.9 Å². The number of furan rings is 1. The number of aryl methyl sites for hydroxylation is 2. The van der Waals surface area contributed by atoms with Crippen LogP contribution in [0.1, 0.15) is 37.9 Å². The van der Waals surface area contributed by atoms with Crippen molar-refractivity contribution in [1.82, 2.24) is 10.3 Å². The highest BCUT2D eigenvalue weighted by atomic mass is 16.3. The number of aromatic amines is 1. The first-order valence-electron chi connectivity index (χ1n) is 9.33. The van der Waals surface area contributed by atoms with E-state index < -0.39 is 0 Å². The van der Waals surface area contributed by atoms with E-state index in [-0.39, 0.29) is 18.4 Å². The van der Waals surface area contributed by atoms with Crippen LogP contribution in [-0.2, 0) is 6.54 Å². The van der Waals surface area contributed by atoms with Crippen molar-refractivity contribution in [1.29, 1.82) is 0 Å². The second-order valence-electron chi connectivity index (χ2n) is 6.94. The molecule has 0 aliphatic heterocycles. The second kappa shape index (κ2) is 7.67.